The number of benzene rings is 2. The van der Waals surface area contributed by atoms with E-state index in [0.29, 0.717) is 22.9 Å². The lowest BCUT2D eigenvalue weighted by Crippen LogP contribution is -2.03. The van der Waals surface area contributed by atoms with Gasteiger partial charge in [0.15, 0.2) is 0 Å². The molecule has 0 saturated carbocycles. The predicted molar refractivity (Wildman–Crippen MR) is 83.9 cm³/mol. The highest BCUT2D eigenvalue weighted by atomic mass is 19.4. The van der Waals surface area contributed by atoms with Crippen molar-refractivity contribution in [3.8, 4) is 0 Å². The minimum absolute atomic E-state index is 0.410. The Morgan fingerprint density at radius 3 is 2.42 bits per heavy atom. The van der Waals surface area contributed by atoms with Crippen LogP contribution >= 0.6 is 0 Å². The average Bonchev–Trinajstić information content (AvgIpc) is 2.95. The first-order valence-electron chi connectivity index (χ1n) is 7.23. The van der Waals surface area contributed by atoms with E-state index in [-0.39, 0.29) is 0 Å². The van der Waals surface area contributed by atoms with Gasteiger partial charge >= 0.3 is 12.1 Å². The van der Waals surface area contributed by atoms with Crippen molar-refractivity contribution in [2.24, 2.45) is 0 Å². The Morgan fingerprint density at radius 2 is 1.79 bits per heavy atom. The number of halogens is 3. The summed E-state index contributed by atoms with van der Waals surface area (Å²) in [4.78, 5) is 14.5. The Bertz CT molecular complexity index is 879. The molecule has 0 amide bonds. The van der Waals surface area contributed by atoms with Gasteiger partial charge in [-0.2, -0.15) is 13.2 Å². The van der Waals surface area contributed by atoms with E-state index in [1.165, 1.54) is 13.2 Å². The number of fused-ring (bicyclic) bond motifs is 1. The van der Waals surface area contributed by atoms with Crippen molar-refractivity contribution in [3.63, 3.8) is 0 Å². The molecule has 3 aromatic rings. The van der Waals surface area contributed by atoms with Gasteiger partial charge in [-0.05, 0) is 42.0 Å². The third kappa shape index (κ3) is 3.27. The fourth-order valence-electron chi connectivity index (χ4n) is 2.56. The normalized spacial score (nSPS) is 11.7. The largest absolute Gasteiger partial charge is 0.465 e. The number of alkyl halides is 3. The Balaban J connectivity index is 1.84. The van der Waals surface area contributed by atoms with E-state index in [2.05, 4.69) is 9.72 Å². The molecule has 1 N–H and O–H groups in total. The number of carbonyl (C=O) groups excluding carboxylic acids is 1. The molecule has 3 nitrogen and oxygen atoms in total. The van der Waals surface area contributed by atoms with Crippen LogP contribution in [0.3, 0.4) is 0 Å². The molecule has 0 aliphatic carbocycles. The van der Waals surface area contributed by atoms with Crippen LogP contribution in [0.4, 0.5) is 13.2 Å². The van der Waals surface area contributed by atoms with Crippen molar-refractivity contribution in [1.29, 1.82) is 0 Å². The zero-order valence-corrected chi connectivity index (χ0v) is 12.8. The summed E-state index contributed by atoms with van der Waals surface area (Å²) < 4.78 is 42.9. The zero-order valence-electron chi connectivity index (χ0n) is 12.8. The minimum atomic E-state index is -4.35. The summed E-state index contributed by atoms with van der Waals surface area (Å²) in [5, 5.41) is 0.519. The van der Waals surface area contributed by atoms with Gasteiger partial charge < -0.3 is 9.72 Å². The topological polar surface area (TPSA) is 42.1 Å². The third-order valence-electron chi connectivity index (χ3n) is 3.77. The molecule has 0 fully saturated rings. The van der Waals surface area contributed by atoms with Crippen LogP contribution < -0.4 is 0 Å². The van der Waals surface area contributed by atoms with E-state index in [4.69, 9.17) is 0 Å². The highest BCUT2D eigenvalue weighted by Crippen LogP contribution is 2.31. The Morgan fingerprint density at radius 1 is 1.08 bits per heavy atom. The fraction of sp³-hybridized carbons (Fsp3) is 0.167. The molecule has 0 atom stereocenters. The minimum Gasteiger partial charge on any atom is -0.465 e. The Labute approximate surface area is 136 Å². The molecule has 0 saturated heterocycles. The number of aromatic amines is 1. The zero-order chi connectivity index (χ0) is 17.3. The molecule has 0 unspecified atom stereocenters. The molecule has 0 bridgehead atoms. The van der Waals surface area contributed by atoms with Gasteiger partial charge in [0.1, 0.15) is 0 Å². The molecule has 2 aromatic carbocycles. The number of H-pyrrole nitrogens is 1. The van der Waals surface area contributed by atoms with E-state index >= 15 is 0 Å². The number of rotatable bonds is 3. The van der Waals surface area contributed by atoms with Crippen molar-refractivity contribution in [2.45, 2.75) is 12.6 Å². The summed E-state index contributed by atoms with van der Waals surface area (Å²) >= 11 is 0. The summed E-state index contributed by atoms with van der Waals surface area (Å²) in [5.74, 6) is -0.410. The van der Waals surface area contributed by atoms with Crippen molar-refractivity contribution in [1.82, 2.24) is 4.98 Å². The molecule has 24 heavy (non-hydrogen) atoms. The molecule has 6 heteroatoms. The van der Waals surface area contributed by atoms with Gasteiger partial charge in [0, 0.05) is 23.0 Å². The van der Waals surface area contributed by atoms with Crippen LogP contribution in [0.25, 0.3) is 10.9 Å². The van der Waals surface area contributed by atoms with Crippen LogP contribution in [0.5, 0.6) is 0 Å². The van der Waals surface area contributed by atoms with Crippen LogP contribution in [0.2, 0.25) is 0 Å². The maximum Gasteiger partial charge on any atom is 0.416 e. The number of methoxy groups -OCH3 is 1. The lowest BCUT2D eigenvalue weighted by molar-refractivity contribution is -0.137. The molecule has 0 spiro atoms. The number of aromatic nitrogens is 1. The molecule has 3 rings (SSSR count). The Hall–Kier alpha value is -2.76. The summed E-state index contributed by atoms with van der Waals surface area (Å²) in [6.07, 6.45) is -3.83. The van der Waals surface area contributed by atoms with E-state index in [0.717, 1.165) is 23.4 Å². The summed E-state index contributed by atoms with van der Waals surface area (Å²) in [7, 11) is 1.32. The maximum atomic E-state index is 12.8. The Kier molecular flexibility index (Phi) is 4.05. The number of carbonyl (C=O) groups is 1. The molecule has 1 aromatic heterocycles. The van der Waals surface area contributed by atoms with Crippen LogP contribution in [-0.2, 0) is 17.3 Å². The first-order valence-corrected chi connectivity index (χ1v) is 7.23. The lowest BCUT2D eigenvalue weighted by atomic mass is 10.1. The van der Waals surface area contributed by atoms with Gasteiger partial charge in [0.05, 0.1) is 18.2 Å². The second kappa shape index (κ2) is 6.03. The highest BCUT2D eigenvalue weighted by molar-refractivity contribution is 5.89. The van der Waals surface area contributed by atoms with E-state index < -0.39 is 17.7 Å². The van der Waals surface area contributed by atoms with Crippen molar-refractivity contribution < 1.29 is 22.7 Å². The first-order chi connectivity index (χ1) is 11.4. The van der Waals surface area contributed by atoms with Crippen molar-refractivity contribution in [3.05, 3.63) is 70.9 Å². The van der Waals surface area contributed by atoms with Gasteiger partial charge in [0.25, 0.3) is 0 Å². The first kappa shape index (κ1) is 16.1. The van der Waals surface area contributed by atoms with Crippen LogP contribution in [0, 0.1) is 0 Å². The van der Waals surface area contributed by atoms with E-state index in [1.807, 2.05) is 0 Å². The van der Waals surface area contributed by atoms with Gasteiger partial charge in [0.2, 0.25) is 0 Å². The fourth-order valence-corrected chi connectivity index (χ4v) is 2.56. The summed E-state index contributed by atoms with van der Waals surface area (Å²) in [6, 6.07) is 12.2. The molecule has 0 radical (unpaired) electrons. The van der Waals surface area contributed by atoms with E-state index in [9.17, 15) is 18.0 Å². The van der Waals surface area contributed by atoms with E-state index in [1.54, 1.807) is 30.3 Å². The molecular formula is C18H14F3NO2. The smallest absolute Gasteiger partial charge is 0.416 e. The average molecular weight is 333 g/mol. The van der Waals surface area contributed by atoms with Gasteiger partial charge in [-0.3, -0.25) is 0 Å². The molecule has 1 heterocycles. The van der Waals surface area contributed by atoms with Crippen molar-refractivity contribution in [2.75, 3.05) is 7.11 Å². The number of hydrogen-bond acceptors (Lipinski definition) is 2. The predicted octanol–water partition coefficient (Wildman–Crippen LogP) is 4.56. The van der Waals surface area contributed by atoms with Crippen LogP contribution in [0.1, 0.15) is 27.2 Å². The van der Waals surface area contributed by atoms with Gasteiger partial charge in [-0.25, -0.2) is 4.79 Å². The SMILES string of the molecule is COC(=O)c1ccc(Cc2cc3cc(C(F)(F)F)ccc3[nH]2)cc1. The number of hydrogen-bond donors (Lipinski definition) is 1. The third-order valence-corrected chi connectivity index (χ3v) is 3.77. The highest BCUT2D eigenvalue weighted by Gasteiger charge is 2.30. The number of nitrogens with one attached hydrogen (secondary N) is 1. The second-order valence-electron chi connectivity index (χ2n) is 5.46. The quantitative estimate of drug-likeness (QED) is 0.714. The monoisotopic (exact) mass is 333 g/mol. The van der Waals surface area contributed by atoms with Gasteiger partial charge in [-0.15, -0.1) is 0 Å². The molecule has 124 valence electrons. The standard InChI is InChI=1S/C18H14F3NO2/c1-24-17(23)12-4-2-11(3-5-12)8-15-10-13-9-14(18(19,20)21)6-7-16(13)22-15/h2-7,9-10,22H,8H2,1H3. The summed E-state index contributed by atoms with van der Waals surface area (Å²) in [5.41, 5.74) is 2.18. The second-order valence-corrected chi connectivity index (χ2v) is 5.46. The van der Waals surface area contributed by atoms with Crippen molar-refractivity contribution >= 4 is 16.9 Å². The number of ether oxygens (including phenoxy) is 1. The lowest BCUT2D eigenvalue weighted by Gasteiger charge is -2.05. The molecule has 0 aliphatic heterocycles. The summed E-state index contributed by atoms with van der Waals surface area (Å²) in [6.45, 7) is 0. The molecule has 0 aliphatic rings. The van der Waals surface area contributed by atoms with Crippen LogP contribution in [-0.4, -0.2) is 18.1 Å². The van der Waals surface area contributed by atoms with Crippen LogP contribution in [0.15, 0.2) is 48.5 Å². The van der Waals surface area contributed by atoms with Gasteiger partial charge in [-0.1, -0.05) is 12.1 Å². The maximum absolute atomic E-state index is 12.8. The molecular weight excluding hydrogens is 319 g/mol. The number of esters is 1.